The number of ether oxygens (including phenoxy) is 2. The Morgan fingerprint density at radius 3 is 2.19 bits per heavy atom. The number of hydrogen-bond acceptors (Lipinski definition) is 8. The molecule has 0 aliphatic rings. The second-order valence-electron chi connectivity index (χ2n) is 7.45. The first-order valence-corrected chi connectivity index (χ1v) is 11.9. The largest absolute Gasteiger partial charge is 0.493 e. The molecule has 0 aromatic heterocycles. The number of nitrogens with one attached hydrogen (secondary N) is 1. The number of nitrogens with zero attached hydrogens (tertiary/aromatic N) is 1. The molecule has 0 bridgehead atoms. The third kappa shape index (κ3) is 6.28. The molecule has 0 fully saturated rings. The van der Waals surface area contributed by atoms with Gasteiger partial charge in [0.25, 0.3) is 5.91 Å². The summed E-state index contributed by atoms with van der Waals surface area (Å²) in [7, 11) is -1.50. The molecule has 0 aliphatic carbocycles. The fraction of sp³-hybridized carbons (Fsp3) is 0.115. The van der Waals surface area contributed by atoms with Gasteiger partial charge in [0.1, 0.15) is 16.5 Å². The first-order valence-electron chi connectivity index (χ1n) is 10.5. The van der Waals surface area contributed by atoms with Crippen molar-refractivity contribution < 1.29 is 31.7 Å². The Morgan fingerprint density at radius 1 is 0.944 bits per heavy atom. The Kier molecular flexibility index (Phi) is 8.09. The van der Waals surface area contributed by atoms with Gasteiger partial charge in [0, 0.05) is 5.69 Å². The number of carbonyl (C=O) groups excluding carboxylic acids is 2. The number of amides is 1. The molecule has 0 unspecified atom stereocenters. The minimum Gasteiger partial charge on any atom is -0.493 e. The molecule has 0 heterocycles. The van der Waals surface area contributed by atoms with E-state index in [1.165, 1.54) is 74.9 Å². The number of methoxy groups -OCH3 is 2. The Bertz CT molecular complexity index is 1450. The smallest absolute Gasteiger partial charge is 0.339 e. The lowest BCUT2D eigenvalue weighted by Gasteiger charge is -2.12. The topological polar surface area (TPSA) is 132 Å². The van der Waals surface area contributed by atoms with Crippen LogP contribution in [0, 0.1) is 18.3 Å². The number of hydrogen-bond donors (Lipinski definition) is 1. The van der Waals surface area contributed by atoms with Crippen LogP contribution < -0.4 is 14.2 Å². The van der Waals surface area contributed by atoms with E-state index in [-0.39, 0.29) is 22.0 Å². The molecular formula is C26H22N2O7S. The van der Waals surface area contributed by atoms with Gasteiger partial charge in [-0.3, -0.25) is 4.79 Å². The highest BCUT2D eigenvalue weighted by Gasteiger charge is 2.19. The summed E-state index contributed by atoms with van der Waals surface area (Å²) in [6.45, 7) is 1.84. The summed E-state index contributed by atoms with van der Waals surface area (Å²) in [5, 5.41) is 12.1. The van der Waals surface area contributed by atoms with E-state index in [0.717, 1.165) is 5.56 Å². The van der Waals surface area contributed by atoms with Gasteiger partial charge in [-0.05, 0) is 67.1 Å². The van der Waals surface area contributed by atoms with Gasteiger partial charge in [0.2, 0.25) is 0 Å². The van der Waals surface area contributed by atoms with Crippen LogP contribution in [0.3, 0.4) is 0 Å². The van der Waals surface area contributed by atoms with Crippen molar-refractivity contribution in [1.82, 2.24) is 0 Å². The molecule has 1 N–H and O–H groups in total. The highest BCUT2D eigenvalue weighted by atomic mass is 32.2. The molecule has 0 saturated carbocycles. The van der Waals surface area contributed by atoms with Crippen molar-refractivity contribution in [2.45, 2.75) is 11.8 Å². The maximum atomic E-state index is 12.6. The Morgan fingerprint density at radius 2 is 1.61 bits per heavy atom. The van der Waals surface area contributed by atoms with E-state index in [4.69, 9.17) is 8.92 Å². The van der Waals surface area contributed by atoms with Gasteiger partial charge in [0.15, 0.2) is 11.5 Å². The molecule has 0 saturated heterocycles. The summed E-state index contributed by atoms with van der Waals surface area (Å²) in [6, 6.07) is 18.3. The summed E-state index contributed by atoms with van der Waals surface area (Å²) in [5.74, 6) is -1.15. The standard InChI is InChI=1S/C26H22N2O7S/c1-17-4-11-22(12-5-17)36(31,32)35-23-13-6-18(15-24(23)33-2)14-20(16-27)25(29)28-21-9-7-19(8-10-21)26(30)34-3/h4-15H,1-3H3,(H,28,29)/b20-14+. The van der Waals surface area contributed by atoms with Crippen LogP contribution in [-0.4, -0.2) is 34.5 Å². The van der Waals surface area contributed by atoms with Crippen LogP contribution in [0.1, 0.15) is 21.5 Å². The fourth-order valence-electron chi connectivity index (χ4n) is 3.04. The first kappa shape index (κ1) is 26.0. The molecule has 10 heteroatoms. The number of aryl methyl sites for hydroxylation is 1. The third-order valence-corrected chi connectivity index (χ3v) is 6.19. The maximum Gasteiger partial charge on any atom is 0.339 e. The van der Waals surface area contributed by atoms with Gasteiger partial charge in [0.05, 0.1) is 19.8 Å². The van der Waals surface area contributed by atoms with Crippen molar-refractivity contribution >= 4 is 33.8 Å². The zero-order chi connectivity index (χ0) is 26.3. The zero-order valence-corrected chi connectivity index (χ0v) is 20.5. The van der Waals surface area contributed by atoms with Crippen LogP contribution in [0.5, 0.6) is 11.5 Å². The Labute approximate surface area is 208 Å². The number of benzene rings is 3. The predicted molar refractivity (Wildman–Crippen MR) is 132 cm³/mol. The summed E-state index contributed by atoms with van der Waals surface area (Å²) in [6.07, 6.45) is 1.32. The van der Waals surface area contributed by atoms with E-state index >= 15 is 0 Å². The van der Waals surface area contributed by atoms with E-state index in [2.05, 4.69) is 10.1 Å². The number of nitriles is 1. The average Bonchev–Trinajstić information content (AvgIpc) is 2.87. The Hall–Kier alpha value is -4.62. The van der Waals surface area contributed by atoms with Gasteiger partial charge < -0.3 is 19.0 Å². The highest BCUT2D eigenvalue weighted by molar-refractivity contribution is 7.87. The van der Waals surface area contributed by atoms with Gasteiger partial charge in [-0.25, -0.2) is 4.79 Å². The molecule has 0 spiro atoms. The van der Waals surface area contributed by atoms with Crippen LogP contribution in [0.4, 0.5) is 5.69 Å². The monoisotopic (exact) mass is 506 g/mol. The van der Waals surface area contributed by atoms with Crippen LogP contribution in [0.25, 0.3) is 6.08 Å². The summed E-state index contributed by atoms with van der Waals surface area (Å²) in [4.78, 5) is 24.1. The van der Waals surface area contributed by atoms with Crippen LogP contribution >= 0.6 is 0 Å². The minimum absolute atomic E-state index is 0.0119. The number of esters is 1. The van der Waals surface area contributed by atoms with Crippen molar-refractivity contribution in [2.75, 3.05) is 19.5 Å². The van der Waals surface area contributed by atoms with Gasteiger partial charge in [-0.15, -0.1) is 0 Å². The predicted octanol–water partition coefficient (Wildman–Crippen LogP) is 4.10. The van der Waals surface area contributed by atoms with E-state index < -0.39 is 22.0 Å². The lowest BCUT2D eigenvalue weighted by atomic mass is 10.1. The van der Waals surface area contributed by atoms with E-state index in [1.807, 2.05) is 13.0 Å². The van der Waals surface area contributed by atoms with Crippen molar-refractivity contribution in [1.29, 1.82) is 5.26 Å². The minimum atomic E-state index is -4.10. The van der Waals surface area contributed by atoms with E-state index in [9.17, 15) is 23.3 Å². The molecule has 1 amide bonds. The lowest BCUT2D eigenvalue weighted by Crippen LogP contribution is -2.13. The first-order chi connectivity index (χ1) is 17.2. The molecule has 3 aromatic rings. The molecule has 0 radical (unpaired) electrons. The van der Waals surface area contributed by atoms with Crippen molar-refractivity contribution in [2.24, 2.45) is 0 Å². The van der Waals surface area contributed by atoms with E-state index in [1.54, 1.807) is 12.1 Å². The number of carbonyl (C=O) groups is 2. The van der Waals surface area contributed by atoms with Crippen molar-refractivity contribution in [3.63, 3.8) is 0 Å². The molecule has 9 nitrogen and oxygen atoms in total. The number of anilines is 1. The van der Waals surface area contributed by atoms with Crippen LogP contribution in [-0.2, 0) is 19.6 Å². The average molecular weight is 507 g/mol. The summed E-state index contributed by atoms with van der Waals surface area (Å²) < 4.78 is 40.4. The second kappa shape index (κ2) is 11.2. The SMILES string of the molecule is COC(=O)c1ccc(NC(=O)/C(C#N)=C/c2ccc(OS(=O)(=O)c3ccc(C)cc3)c(OC)c2)cc1. The molecule has 0 aliphatic heterocycles. The zero-order valence-electron chi connectivity index (χ0n) is 19.6. The Balaban J connectivity index is 1.80. The van der Waals surface area contributed by atoms with Gasteiger partial charge in [-0.2, -0.15) is 13.7 Å². The quantitative estimate of drug-likeness (QED) is 0.209. The van der Waals surface area contributed by atoms with Crippen LogP contribution in [0.2, 0.25) is 0 Å². The summed E-state index contributed by atoms with van der Waals surface area (Å²) >= 11 is 0. The van der Waals surface area contributed by atoms with Crippen molar-refractivity contribution in [3.05, 3.63) is 89.0 Å². The van der Waals surface area contributed by atoms with Crippen molar-refractivity contribution in [3.8, 4) is 17.6 Å². The third-order valence-electron chi connectivity index (χ3n) is 4.94. The molecule has 0 atom stereocenters. The van der Waals surface area contributed by atoms with E-state index in [0.29, 0.717) is 16.8 Å². The molecule has 36 heavy (non-hydrogen) atoms. The molecule has 3 rings (SSSR count). The maximum absolute atomic E-state index is 12.6. The highest BCUT2D eigenvalue weighted by Crippen LogP contribution is 2.31. The lowest BCUT2D eigenvalue weighted by molar-refractivity contribution is -0.112. The summed E-state index contributed by atoms with van der Waals surface area (Å²) in [5.41, 5.74) is 1.77. The van der Waals surface area contributed by atoms with Gasteiger partial charge in [-0.1, -0.05) is 23.8 Å². The fourth-order valence-corrected chi connectivity index (χ4v) is 3.97. The molecule has 3 aromatic carbocycles. The second-order valence-corrected chi connectivity index (χ2v) is 9.00. The van der Waals surface area contributed by atoms with Crippen LogP contribution in [0.15, 0.2) is 77.2 Å². The number of rotatable bonds is 8. The normalized spacial score (nSPS) is 11.2. The molecular weight excluding hydrogens is 484 g/mol. The van der Waals surface area contributed by atoms with Gasteiger partial charge >= 0.3 is 16.1 Å². The molecule has 184 valence electrons.